The molecular formula is C14H16Cl3NS. The van der Waals surface area contributed by atoms with Crippen LogP contribution in [-0.2, 0) is 5.41 Å². The number of halogens is 3. The molecule has 1 N–H and O–H groups in total. The zero-order valence-electron chi connectivity index (χ0n) is 11.0. The van der Waals surface area contributed by atoms with E-state index in [1.807, 2.05) is 20.9 Å². The Morgan fingerprint density at radius 1 is 1.21 bits per heavy atom. The van der Waals surface area contributed by atoms with Gasteiger partial charge in [0.25, 0.3) is 0 Å². The van der Waals surface area contributed by atoms with Crippen molar-refractivity contribution >= 4 is 56.2 Å². The Morgan fingerprint density at radius 2 is 1.89 bits per heavy atom. The normalized spacial score (nSPS) is 17.4. The van der Waals surface area contributed by atoms with Crippen molar-refractivity contribution in [2.75, 3.05) is 7.05 Å². The number of nitrogens with one attached hydrogen (secondary N) is 1. The van der Waals surface area contributed by atoms with Gasteiger partial charge in [0.05, 0.1) is 5.41 Å². The molecule has 0 amide bonds. The van der Waals surface area contributed by atoms with Gasteiger partial charge in [-0.2, -0.15) is 0 Å². The molecule has 0 fully saturated rings. The summed E-state index contributed by atoms with van der Waals surface area (Å²) in [6, 6.07) is 8.37. The highest BCUT2D eigenvalue weighted by molar-refractivity contribution is 7.17. The van der Waals surface area contributed by atoms with Gasteiger partial charge in [-0.25, -0.2) is 0 Å². The quantitative estimate of drug-likeness (QED) is 0.765. The van der Waals surface area contributed by atoms with Crippen LogP contribution in [0.15, 0.2) is 29.6 Å². The zero-order chi connectivity index (χ0) is 14.3. The van der Waals surface area contributed by atoms with E-state index in [9.17, 15) is 0 Å². The van der Waals surface area contributed by atoms with Crippen LogP contribution in [0.4, 0.5) is 0 Å². The van der Waals surface area contributed by atoms with E-state index in [0.717, 1.165) is 5.56 Å². The van der Waals surface area contributed by atoms with Gasteiger partial charge in [-0.1, -0.05) is 40.9 Å². The van der Waals surface area contributed by atoms with Crippen molar-refractivity contribution in [2.45, 2.75) is 29.1 Å². The molecule has 19 heavy (non-hydrogen) atoms. The second-order valence-corrected chi connectivity index (χ2v) is 8.11. The maximum absolute atomic E-state index is 6.27. The van der Waals surface area contributed by atoms with Gasteiger partial charge in [-0.05, 0) is 55.4 Å². The second kappa shape index (κ2) is 5.42. The van der Waals surface area contributed by atoms with Gasteiger partial charge in [-0.15, -0.1) is 11.3 Å². The minimum absolute atomic E-state index is 0.0242. The van der Waals surface area contributed by atoms with Crippen molar-refractivity contribution < 1.29 is 0 Å². The van der Waals surface area contributed by atoms with Gasteiger partial charge < -0.3 is 5.32 Å². The number of likely N-dealkylation sites (N-methyl/N-ethyl adjacent to an activating group) is 1. The minimum Gasteiger partial charge on any atom is -0.316 e. The molecular weight excluding hydrogens is 321 g/mol. The highest BCUT2D eigenvalue weighted by atomic mass is 35.6. The predicted molar refractivity (Wildman–Crippen MR) is 88.0 cm³/mol. The van der Waals surface area contributed by atoms with Crippen LogP contribution in [0.25, 0.3) is 10.1 Å². The Kier molecular flexibility index (Phi) is 4.39. The van der Waals surface area contributed by atoms with Crippen molar-refractivity contribution in [2.24, 2.45) is 0 Å². The first-order valence-corrected chi connectivity index (χ1v) is 8.04. The van der Waals surface area contributed by atoms with Gasteiger partial charge in [0.2, 0.25) is 3.79 Å². The van der Waals surface area contributed by atoms with E-state index in [0.29, 0.717) is 0 Å². The molecule has 0 aliphatic rings. The lowest BCUT2D eigenvalue weighted by Crippen LogP contribution is -2.51. The average molecular weight is 337 g/mol. The Labute approximate surface area is 132 Å². The number of fused-ring (bicyclic) bond motifs is 1. The van der Waals surface area contributed by atoms with Gasteiger partial charge in [0, 0.05) is 10.7 Å². The van der Waals surface area contributed by atoms with Crippen molar-refractivity contribution in [3.8, 4) is 0 Å². The summed E-state index contributed by atoms with van der Waals surface area (Å²) in [6.45, 7) is 4.01. The van der Waals surface area contributed by atoms with E-state index in [1.54, 1.807) is 11.3 Å². The van der Waals surface area contributed by atoms with E-state index in [2.05, 4.69) is 35.0 Å². The van der Waals surface area contributed by atoms with E-state index in [4.69, 9.17) is 34.8 Å². The number of rotatable bonds is 3. The number of hydrogen-bond donors (Lipinski definition) is 1. The molecule has 2 rings (SSSR count). The minimum atomic E-state index is -1.39. The molecule has 0 bridgehead atoms. The Bertz CT molecular complexity index is 575. The fourth-order valence-corrected chi connectivity index (χ4v) is 3.83. The van der Waals surface area contributed by atoms with Crippen molar-refractivity contribution in [1.82, 2.24) is 5.32 Å². The van der Waals surface area contributed by atoms with Crippen LogP contribution in [0.3, 0.4) is 0 Å². The molecule has 104 valence electrons. The predicted octanol–water partition coefficient (Wildman–Crippen LogP) is 5.14. The highest BCUT2D eigenvalue weighted by Gasteiger charge is 2.49. The van der Waals surface area contributed by atoms with E-state index >= 15 is 0 Å². The smallest absolute Gasteiger partial charge is 0.201 e. The van der Waals surface area contributed by atoms with Gasteiger partial charge in [0.1, 0.15) is 0 Å². The molecule has 1 heterocycles. The topological polar surface area (TPSA) is 12.0 Å². The number of benzene rings is 1. The van der Waals surface area contributed by atoms with E-state index in [-0.39, 0.29) is 6.04 Å². The molecule has 5 heteroatoms. The Morgan fingerprint density at radius 3 is 2.47 bits per heavy atom. The molecule has 2 unspecified atom stereocenters. The molecule has 0 saturated heterocycles. The van der Waals surface area contributed by atoms with E-state index < -0.39 is 9.21 Å². The SMILES string of the molecule is CNC(C)C(C)(c1ccc2sccc2c1)C(Cl)(Cl)Cl. The maximum Gasteiger partial charge on any atom is 0.201 e. The lowest BCUT2D eigenvalue weighted by Gasteiger charge is -2.41. The van der Waals surface area contributed by atoms with Crippen LogP contribution in [0.2, 0.25) is 0 Å². The summed E-state index contributed by atoms with van der Waals surface area (Å²) in [4.78, 5) is 0. The van der Waals surface area contributed by atoms with Crippen molar-refractivity contribution in [1.29, 1.82) is 0 Å². The van der Waals surface area contributed by atoms with Crippen LogP contribution in [0, 0.1) is 0 Å². The first kappa shape index (κ1) is 15.4. The number of thiophene rings is 1. The zero-order valence-corrected chi connectivity index (χ0v) is 14.1. The summed E-state index contributed by atoms with van der Waals surface area (Å²) < 4.78 is -0.147. The third kappa shape index (κ3) is 2.62. The summed E-state index contributed by atoms with van der Waals surface area (Å²) in [6.07, 6.45) is 0. The molecule has 1 aromatic carbocycles. The fraction of sp³-hybridized carbons (Fsp3) is 0.429. The molecule has 0 aliphatic carbocycles. The first-order chi connectivity index (χ1) is 8.80. The molecule has 0 saturated carbocycles. The monoisotopic (exact) mass is 335 g/mol. The largest absolute Gasteiger partial charge is 0.316 e. The molecule has 1 aromatic heterocycles. The van der Waals surface area contributed by atoms with E-state index in [1.165, 1.54) is 10.1 Å². The second-order valence-electron chi connectivity index (χ2n) is 4.88. The number of alkyl halides is 3. The van der Waals surface area contributed by atoms with Gasteiger partial charge in [0.15, 0.2) is 0 Å². The van der Waals surface area contributed by atoms with Crippen LogP contribution in [0.1, 0.15) is 19.4 Å². The van der Waals surface area contributed by atoms with Crippen LogP contribution in [0.5, 0.6) is 0 Å². The molecule has 2 aromatic rings. The number of hydrogen-bond acceptors (Lipinski definition) is 2. The average Bonchev–Trinajstić information content (AvgIpc) is 2.82. The highest BCUT2D eigenvalue weighted by Crippen LogP contribution is 2.49. The summed E-state index contributed by atoms with van der Waals surface area (Å²) in [5.41, 5.74) is 0.419. The fourth-order valence-electron chi connectivity index (χ4n) is 2.24. The van der Waals surface area contributed by atoms with Crippen LogP contribution < -0.4 is 5.32 Å². The molecule has 0 spiro atoms. The Balaban J connectivity index is 2.60. The van der Waals surface area contributed by atoms with Gasteiger partial charge in [-0.3, -0.25) is 0 Å². The lowest BCUT2D eigenvalue weighted by atomic mass is 9.77. The molecule has 0 radical (unpaired) electrons. The van der Waals surface area contributed by atoms with Crippen molar-refractivity contribution in [3.63, 3.8) is 0 Å². The third-order valence-corrected chi connectivity index (χ3v) is 6.02. The molecule has 0 aliphatic heterocycles. The summed E-state index contributed by atoms with van der Waals surface area (Å²) in [7, 11) is 1.88. The summed E-state index contributed by atoms with van der Waals surface area (Å²) in [5, 5.41) is 6.46. The first-order valence-electron chi connectivity index (χ1n) is 6.02. The Hall–Kier alpha value is 0.01000. The molecule has 1 nitrogen and oxygen atoms in total. The van der Waals surface area contributed by atoms with Crippen molar-refractivity contribution in [3.05, 3.63) is 35.2 Å². The maximum atomic E-state index is 6.27. The lowest BCUT2D eigenvalue weighted by molar-refractivity contribution is 0.356. The van der Waals surface area contributed by atoms with Gasteiger partial charge >= 0.3 is 0 Å². The summed E-state index contributed by atoms with van der Waals surface area (Å²) >= 11 is 20.5. The third-order valence-electron chi connectivity index (χ3n) is 3.94. The van der Waals surface area contributed by atoms with Crippen LogP contribution in [-0.4, -0.2) is 16.9 Å². The van der Waals surface area contributed by atoms with Crippen LogP contribution >= 0.6 is 46.1 Å². The standard InChI is InChI=1S/C14H16Cl3NS/c1-9(18-3)13(2,14(15,16)17)11-4-5-12-10(8-11)6-7-19-12/h4-9,18H,1-3H3. The molecule has 2 atom stereocenters. The summed E-state index contributed by atoms with van der Waals surface area (Å²) in [5.74, 6) is 0.